The Morgan fingerprint density at radius 1 is 1.70 bits per heavy atom. The minimum atomic E-state index is -0.390. The van der Waals surface area contributed by atoms with E-state index >= 15 is 0 Å². The second kappa shape index (κ2) is 2.47. The van der Waals surface area contributed by atoms with Crippen molar-refractivity contribution in [2.45, 2.75) is 6.92 Å². The van der Waals surface area contributed by atoms with Gasteiger partial charge in [-0.1, -0.05) is 5.16 Å². The van der Waals surface area contributed by atoms with Gasteiger partial charge in [0.25, 0.3) is 5.91 Å². The Morgan fingerprint density at radius 3 is 2.80 bits per heavy atom. The summed E-state index contributed by atoms with van der Waals surface area (Å²) < 4.78 is 4.28. The maximum atomic E-state index is 10.8. The van der Waals surface area contributed by atoms with Gasteiger partial charge in [0.1, 0.15) is 5.69 Å². The van der Waals surface area contributed by atoms with Gasteiger partial charge in [-0.2, -0.15) is 0 Å². The van der Waals surface area contributed by atoms with E-state index in [4.69, 9.17) is 0 Å². The molecule has 0 spiro atoms. The Bertz CT molecular complexity index is 243. The Hall–Kier alpha value is -1.39. The molecule has 1 amide bonds. The second-order valence-electron chi connectivity index (χ2n) is 1.70. The highest BCUT2D eigenvalue weighted by molar-refractivity contribution is 5.93. The molecule has 5 nitrogen and oxygen atoms in total. The van der Waals surface area contributed by atoms with Crippen LogP contribution >= 0.6 is 0 Å². The number of nitrogens with one attached hydrogen (secondary N) is 1. The molecule has 0 bridgehead atoms. The number of aryl methyl sites for hydroxylation is 1. The highest BCUT2D eigenvalue weighted by Crippen LogP contribution is 1.98. The Labute approximate surface area is 57.4 Å². The van der Waals surface area contributed by atoms with E-state index in [1.807, 2.05) is 0 Å². The van der Waals surface area contributed by atoms with Gasteiger partial charge in [-0.15, -0.1) is 0 Å². The van der Waals surface area contributed by atoms with Crippen molar-refractivity contribution in [3.63, 3.8) is 0 Å². The van der Waals surface area contributed by atoms with Crippen molar-refractivity contribution < 1.29 is 9.42 Å². The van der Waals surface area contributed by atoms with Crippen LogP contribution < -0.4 is 5.32 Å². The summed E-state index contributed by atoms with van der Waals surface area (Å²) in [7, 11) is 3.17. The van der Waals surface area contributed by atoms with Crippen molar-refractivity contribution in [1.29, 1.82) is 0 Å². The molecular weight excluding hydrogens is 134 g/mol. The van der Waals surface area contributed by atoms with Crippen molar-refractivity contribution in [2.24, 2.45) is 0 Å². The summed E-state index contributed by atoms with van der Waals surface area (Å²) in [6, 6.07) is 0. The molecule has 1 rings (SSSR count). The molecule has 1 aromatic heterocycles. The summed E-state index contributed by atoms with van der Waals surface area (Å²) in [5, 5.41) is 8.92. The number of amides is 1. The van der Waals surface area contributed by atoms with Crippen LogP contribution in [0.2, 0.25) is 0 Å². The van der Waals surface area contributed by atoms with Crippen molar-refractivity contribution in [2.75, 3.05) is 0 Å². The van der Waals surface area contributed by atoms with Crippen LogP contribution in [0.4, 0.5) is 0 Å². The molecular formula is C5H6N3O2. The maximum absolute atomic E-state index is 10.8. The maximum Gasteiger partial charge on any atom is 0.275 e. The molecule has 53 valence electrons. The van der Waals surface area contributed by atoms with E-state index in [1.165, 1.54) is 0 Å². The highest BCUT2D eigenvalue weighted by Gasteiger charge is 2.11. The molecule has 0 aliphatic carbocycles. The molecule has 0 saturated carbocycles. The average Bonchev–Trinajstić information content (AvgIpc) is 2.34. The van der Waals surface area contributed by atoms with Crippen LogP contribution in [0.15, 0.2) is 4.63 Å². The predicted octanol–water partition coefficient (Wildman–Crippen LogP) is -0.101. The molecule has 1 N–H and O–H groups in total. The minimum Gasteiger partial charge on any atom is -0.349 e. The summed E-state index contributed by atoms with van der Waals surface area (Å²) in [5.74, 6) is -0.390. The lowest BCUT2D eigenvalue weighted by atomic mass is 10.3. The summed E-state index contributed by atoms with van der Waals surface area (Å²) in [4.78, 5) is 10.8. The van der Waals surface area contributed by atoms with Crippen molar-refractivity contribution in [3.05, 3.63) is 18.4 Å². The molecule has 0 aliphatic rings. The van der Waals surface area contributed by atoms with Gasteiger partial charge < -0.3 is 5.32 Å². The van der Waals surface area contributed by atoms with Gasteiger partial charge in [0.05, 0.1) is 0 Å². The molecule has 0 atom stereocenters. The first-order valence-corrected chi connectivity index (χ1v) is 2.62. The van der Waals surface area contributed by atoms with E-state index in [1.54, 1.807) is 6.92 Å². The van der Waals surface area contributed by atoms with E-state index < -0.39 is 5.91 Å². The number of hydrogen-bond donors (Lipinski definition) is 1. The highest BCUT2D eigenvalue weighted by atomic mass is 16.6. The zero-order valence-electron chi connectivity index (χ0n) is 5.42. The van der Waals surface area contributed by atoms with E-state index in [9.17, 15) is 4.79 Å². The first-order chi connectivity index (χ1) is 4.75. The Kier molecular flexibility index (Phi) is 1.66. The monoisotopic (exact) mass is 140 g/mol. The molecule has 0 unspecified atom stereocenters. The number of carbonyl (C=O) groups excluding carboxylic acids is 1. The van der Waals surface area contributed by atoms with Gasteiger partial charge in [0.15, 0.2) is 5.69 Å². The Balaban J connectivity index is 2.93. The van der Waals surface area contributed by atoms with Crippen molar-refractivity contribution >= 4 is 5.91 Å². The second-order valence-corrected chi connectivity index (χ2v) is 1.70. The molecule has 0 aliphatic heterocycles. The lowest BCUT2D eigenvalue weighted by molar-refractivity contribution is 0.0959. The van der Waals surface area contributed by atoms with Crippen LogP contribution in [0, 0.1) is 14.0 Å². The molecule has 0 fully saturated rings. The fourth-order valence-corrected chi connectivity index (χ4v) is 0.521. The zero-order chi connectivity index (χ0) is 7.56. The van der Waals surface area contributed by atoms with Crippen molar-refractivity contribution in [3.8, 4) is 0 Å². The van der Waals surface area contributed by atoms with Gasteiger partial charge in [0.2, 0.25) is 0 Å². The third-order valence-electron chi connectivity index (χ3n) is 1.03. The van der Waals surface area contributed by atoms with E-state index in [-0.39, 0.29) is 5.69 Å². The van der Waals surface area contributed by atoms with Gasteiger partial charge >= 0.3 is 0 Å². The van der Waals surface area contributed by atoms with Gasteiger partial charge in [-0.25, -0.2) is 4.63 Å². The molecule has 0 saturated heterocycles. The van der Waals surface area contributed by atoms with Crippen LogP contribution in [0.3, 0.4) is 0 Å². The van der Waals surface area contributed by atoms with Gasteiger partial charge in [0, 0.05) is 7.05 Å². The third kappa shape index (κ3) is 0.975. The van der Waals surface area contributed by atoms with Gasteiger partial charge in [-0.05, 0) is 12.1 Å². The number of hydrogen-bond acceptors (Lipinski definition) is 4. The zero-order valence-corrected chi connectivity index (χ0v) is 5.42. The van der Waals surface area contributed by atoms with Crippen LogP contribution in [-0.2, 0) is 0 Å². The predicted molar refractivity (Wildman–Crippen MR) is 31.9 cm³/mol. The summed E-state index contributed by atoms with van der Waals surface area (Å²) in [6.07, 6.45) is 0. The fraction of sp³-hybridized carbons (Fsp3) is 0.200. The van der Waals surface area contributed by atoms with Crippen molar-refractivity contribution in [1.82, 2.24) is 15.6 Å². The van der Waals surface area contributed by atoms with Gasteiger partial charge in [-0.3, -0.25) is 4.79 Å². The summed E-state index contributed by atoms with van der Waals surface area (Å²) in [5.41, 5.74) is 0.635. The van der Waals surface area contributed by atoms with E-state index in [0.29, 0.717) is 5.69 Å². The number of aromatic nitrogens is 2. The van der Waals surface area contributed by atoms with Crippen LogP contribution in [0.1, 0.15) is 16.2 Å². The molecule has 0 aromatic carbocycles. The molecule has 1 heterocycles. The quantitative estimate of drug-likeness (QED) is 0.591. The minimum absolute atomic E-state index is 0.176. The van der Waals surface area contributed by atoms with E-state index in [2.05, 4.69) is 27.3 Å². The topological polar surface area (TPSA) is 68.0 Å². The number of nitrogens with zero attached hydrogens (tertiary/aromatic N) is 2. The molecule has 5 heteroatoms. The normalized spacial score (nSPS) is 9.40. The van der Waals surface area contributed by atoms with Crippen LogP contribution in [0.25, 0.3) is 0 Å². The lowest BCUT2D eigenvalue weighted by Gasteiger charge is -1.89. The van der Waals surface area contributed by atoms with Crippen LogP contribution in [-0.4, -0.2) is 16.2 Å². The smallest absolute Gasteiger partial charge is 0.275 e. The van der Waals surface area contributed by atoms with E-state index in [0.717, 1.165) is 0 Å². The summed E-state index contributed by atoms with van der Waals surface area (Å²) >= 11 is 0. The largest absolute Gasteiger partial charge is 0.349 e. The lowest BCUT2D eigenvalue weighted by Crippen LogP contribution is -2.16. The molecule has 10 heavy (non-hydrogen) atoms. The molecule has 1 radical (unpaired) electrons. The average molecular weight is 140 g/mol. The SMILES string of the molecule is [CH2]NC(=O)c1nonc1C. The molecule has 1 aromatic rings. The van der Waals surface area contributed by atoms with Crippen LogP contribution in [0.5, 0.6) is 0 Å². The first kappa shape index (κ1) is 6.73. The summed E-state index contributed by atoms with van der Waals surface area (Å²) in [6.45, 7) is 1.63. The first-order valence-electron chi connectivity index (χ1n) is 2.62. The Morgan fingerprint density at radius 2 is 2.40 bits per heavy atom. The number of rotatable bonds is 1. The number of carbonyl (C=O) groups is 1. The standard InChI is InChI=1S/C5H6N3O2/c1-3-4(5(9)6-2)8-10-7-3/h2H2,1H3,(H,6,9). The third-order valence-corrected chi connectivity index (χ3v) is 1.03. The fourth-order valence-electron chi connectivity index (χ4n) is 0.521.